The van der Waals surface area contributed by atoms with Crippen molar-refractivity contribution in [2.75, 3.05) is 54.4 Å². The SMILES string of the molecule is Cc1cc(-c2ccc(C(F)(F)F)cc2)nc(C2CC[C@]3(CCN(C)C3=O)N2)n1.Cc1cc(-c2ccc(C(F)(F)F)cc2)nc([C@@H]2CC[C@@]3(CCN(C)C3=O)N2)n1.Cc1cc(-c2ccc(C(F)(F)F)cc2)nc([C@H]2CC[C@@]3(CCN(C)C3=O)N2)n1.Cc1cc(-c2ccc(C(F)(F)F)cc2)nc([C@H]2CC[C@]3(CCN(C)C3=O)N2)n1. The number of benzene rings is 4. The molecule has 8 aliphatic rings. The van der Waals surface area contributed by atoms with E-state index >= 15 is 0 Å². The smallest absolute Gasteiger partial charge is 0.344 e. The van der Waals surface area contributed by atoms with E-state index in [1.807, 2.05) is 27.7 Å². The second-order valence-electron chi connectivity index (χ2n) is 30.5. The number of aromatic nitrogens is 8. The van der Waals surface area contributed by atoms with E-state index in [0.29, 0.717) is 68.3 Å². The molecule has 0 aliphatic carbocycles. The molecule has 4 aromatic carbocycles. The van der Waals surface area contributed by atoms with Crippen LogP contribution in [0.15, 0.2) is 121 Å². The Bertz CT molecular complexity index is 4250. The molecular formula is C80H84F12N16O4. The van der Waals surface area contributed by atoms with Gasteiger partial charge in [-0.05, 0) is 178 Å². The van der Waals surface area contributed by atoms with Crippen molar-refractivity contribution in [2.24, 2.45) is 0 Å². The fraction of sp³-hybridized carbons (Fsp3) is 0.450. The first-order valence-electron chi connectivity index (χ1n) is 37.0. The number of halogens is 12. The fourth-order valence-electron chi connectivity index (χ4n) is 16.3. The van der Waals surface area contributed by atoms with Crippen LogP contribution in [0.1, 0.15) is 170 Å². The van der Waals surface area contributed by atoms with E-state index in [0.717, 1.165) is 175 Å². The number of hydrogen-bond acceptors (Lipinski definition) is 16. The Kier molecular flexibility index (Phi) is 21.9. The largest absolute Gasteiger partial charge is 0.416 e. The van der Waals surface area contributed by atoms with E-state index < -0.39 is 69.1 Å². The first kappa shape index (κ1) is 80.1. The molecular weight excluding hydrogens is 1480 g/mol. The average Bonchev–Trinajstić information content (AvgIpc) is 1.63. The highest BCUT2D eigenvalue weighted by Crippen LogP contribution is 2.45. The third-order valence-corrected chi connectivity index (χ3v) is 22.5. The Morgan fingerprint density at radius 1 is 0.295 bits per heavy atom. The van der Waals surface area contributed by atoms with Gasteiger partial charge < -0.3 is 19.6 Å². The van der Waals surface area contributed by atoms with Crippen molar-refractivity contribution in [3.05, 3.63) is 190 Å². The summed E-state index contributed by atoms with van der Waals surface area (Å²) < 4.78 is 154. The zero-order valence-electron chi connectivity index (χ0n) is 62.7. The minimum atomic E-state index is -4.37. The quantitative estimate of drug-likeness (QED) is 0.104. The van der Waals surface area contributed by atoms with Crippen LogP contribution in [0.4, 0.5) is 52.7 Å². The van der Waals surface area contributed by atoms with Gasteiger partial charge in [0.05, 0.1) is 69.2 Å². The number of amides is 4. The molecule has 4 N–H and O–H groups in total. The van der Waals surface area contributed by atoms with Crippen LogP contribution in [0.3, 0.4) is 0 Å². The molecule has 8 aliphatic heterocycles. The number of carbonyl (C=O) groups excluding carboxylic acids is 4. The second kappa shape index (κ2) is 30.5. The molecule has 16 rings (SSSR count). The number of likely N-dealkylation sites (tertiary alicyclic amines) is 4. The van der Waals surface area contributed by atoms with Crippen LogP contribution in [-0.2, 0) is 43.9 Å². The molecule has 1 unspecified atom stereocenters. The van der Waals surface area contributed by atoms with Gasteiger partial charge in [0.1, 0.15) is 45.5 Å². The van der Waals surface area contributed by atoms with E-state index in [4.69, 9.17) is 0 Å². The van der Waals surface area contributed by atoms with Gasteiger partial charge in [-0.3, -0.25) is 40.4 Å². The molecule has 112 heavy (non-hydrogen) atoms. The Morgan fingerprint density at radius 3 is 0.625 bits per heavy atom. The zero-order chi connectivity index (χ0) is 80.4. The van der Waals surface area contributed by atoms with Gasteiger partial charge in [0.25, 0.3) is 0 Å². The van der Waals surface area contributed by atoms with Gasteiger partial charge in [-0.1, -0.05) is 48.5 Å². The highest BCUT2D eigenvalue weighted by molar-refractivity contribution is 5.90. The van der Waals surface area contributed by atoms with Crippen LogP contribution in [-0.4, -0.2) is 160 Å². The van der Waals surface area contributed by atoms with Crippen LogP contribution in [0.5, 0.6) is 0 Å². The van der Waals surface area contributed by atoms with E-state index in [9.17, 15) is 71.9 Å². The Balaban J connectivity index is 0.000000131. The predicted molar refractivity (Wildman–Crippen MR) is 389 cm³/mol. The second-order valence-corrected chi connectivity index (χ2v) is 30.5. The van der Waals surface area contributed by atoms with Gasteiger partial charge in [-0.25, -0.2) is 39.9 Å². The summed E-state index contributed by atoms with van der Waals surface area (Å²) in [5.41, 5.74) is 2.73. The van der Waals surface area contributed by atoms with E-state index in [2.05, 4.69) is 61.1 Å². The van der Waals surface area contributed by atoms with Gasteiger partial charge in [-0.15, -0.1) is 0 Å². The fourth-order valence-corrected chi connectivity index (χ4v) is 16.3. The van der Waals surface area contributed by atoms with Gasteiger partial charge in [0.2, 0.25) is 23.6 Å². The Labute approximate surface area is 638 Å². The number of likely N-dealkylation sites (N-methyl/N-ethyl adjacent to an activating group) is 4. The molecule has 4 amide bonds. The predicted octanol–water partition coefficient (Wildman–Crippen LogP) is 14.0. The van der Waals surface area contributed by atoms with Gasteiger partial charge in [0.15, 0.2) is 0 Å². The maximum absolute atomic E-state index is 12.8. The number of carbonyl (C=O) groups is 4. The summed E-state index contributed by atoms with van der Waals surface area (Å²) in [6, 6.07) is 26.3. The highest BCUT2D eigenvalue weighted by atomic mass is 19.4. The highest BCUT2D eigenvalue weighted by Gasteiger charge is 2.55. The molecule has 592 valence electrons. The number of rotatable bonds is 8. The molecule has 0 bridgehead atoms. The van der Waals surface area contributed by atoms with E-state index in [1.54, 1.807) is 72.1 Å². The topological polar surface area (TPSA) is 232 Å². The minimum absolute atomic E-state index is 0.102. The molecule has 0 radical (unpaired) electrons. The van der Waals surface area contributed by atoms with E-state index in [1.165, 1.54) is 48.5 Å². The summed E-state index contributed by atoms with van der Waals surface area (Å²) in [7, 11) is 7.21. The third kappa shape index (κ3) is 16.8. The summed E-state index contributed by atoms with van der Waals surface area (Å²) in [6.45, 7) is 10.2. The van der Waals surface area contributed by atoms with Crippen molar-refractivity contribution < 1.29 is 71.9 Å². The molecule has 0 saturated carbocycles. The van der Waals surface area contributed by atoms with Crippen molar-refractivity contribution in [3.63, 3.8) is 0 Å². The Hall–Kier alpha value is -9.92. The zero-order valence-corrected chi connectivity index (χ0v) is 62.7. The first-order valence-corrected chi connectivity index (χ1v) is 37.0. The molecule has 12 heterocycles. The van der Waals surface area contributed by atoms with Crippen LogP contribution in [0.25, 0.3) is 45.0 Å². The molecule has 4 spiro atoms. The molecule has 32 heteroatoms. The molecule has 8 atom stereocenters. The molecule has 8 aromatic rings. The van der Waals surface area contributed by atoms with E-state index in [-0.39, 0.29) is 47.8 Å². The average molecular weight is 1560 g/mol. The summed E-state index contributed by atoms with van der Waals surface area (Å²) in [4.78, 5) is 93.4. The summed E-state index contributed by atoms with van der Waals surface area (Å²) in [6.07, 6.45) is -8.52. The Morgan fingerprint density at radius 2 is 0.473 bits per heavy atom. The number of hydrogen-bond donors (Lipinski definition) is 4. The summed E-state index contributed by atoms with van der Waals surface area (Å²) in [5, 5.41) is 13.7. The lowest BCUT2D eigenvalue weighted by Gasteiger charge is -2.23. The molecule has 8 fully saturated rings. The first-order chi connectivity index (χ1) is 52.7. The van der Waals surface area contributed by atoms with Crippen LogP contribution in [0, 0.1) is 27.7 Å². The number of nitrogens with one attached hydrogen (secondary N) is 4. The lowest BCUT2D eigenvalue weighted by molar-refractivity contribution is -0.138. The van der Waals surface area contributed by atoms with Crippen LogP contribution < -0.4 is 21.3 Å². The van der Waals surface area contributed by atoms with Crippen molar-refractivity contribution >= 4 is 23.6 Å². The summed E-state index contributed by atoms with van der Waals surface area (Å²) >= 11 is 0. The normalized spacial score (nSPS) is 25.1. The van der Waals surface area contributed by atoms with Crippen molar-refractivity contribution in [2.45, 2.75) is 176 Å². The maximum Gasteiger partial charge on any atom is 0.416 e. The van der Waals surface area contributed by atoms with Gasteiger partial charge in [-0.2, -0.15) is 52.7 Å². The number of aryl methyl sites for hydroxylation is 4. The molecule has 4 aromatic heterocycles. The maximum atomic E-state index is 12.8. The molecule has 8 saturated heterocycles. The lowest BCUT2D eigenvalue weighted by atomic mass is 9.96. The number of alkyl halides is 12. The van der Waals surface area contributed by atoms with Crippen molar-refractivity contribution in [3.8, 4) is 45.0 Å². The van der Waals surface area contributed by atoms with Crippen molar-refractivity contribution in [1.82, 2.24) is 80.7 Å². The van der Waals surface area contributed by atoms with Crippen LogP contribution >= 0.6 is 0 Å². The minimum Gasteiger partial charge on any atom is -0.344 e. The number of nitrogens with zero attached hydrogens (tertiary/aromatic N) is 12. The monoisotopic (exact) mass is 1560 g/mol. The van der Waals surface area contributed by atoms with Gasteiger partial charge >= 0.3 is 24.7 Å². The van der Waals surface area contributed by atoms with Gasteiger partial charge in [0, 0.05) is 99.4 Å². The third-order valence-electron chi connectivity index (χ3n) is 22.5. The van der Waals surface area contributed by atoms with Crippen molar-refractivity contribution in [1.29, 1.82) is 0 Å². The van der Waals surface area contributed by atoms with Crippen LogP contribution in [0.2, 0.25) is 0 Å². The molecule has 20 nitrogen and oxygen atoms in total. The standard InChI is InChI=1S/4C20H21F3N4O/c4*1-12-11-16(13-3-5-14(6-4-13)20(21,22)23)25-17(24-12)15-7-8-19(26-15)9-10-27(2)18(19)28/h4*3-6,11,15,26H,7-10H2,1-2H3/t15?,19-;15-,19+;2*15-,19-/m1110/s1. The summed E-state index contributed by atoms with van der Waals surface area (Å²) in [5.74, 6) is 2.72. The lowest BCUT2D eigenvalue weighted by Crippen LogP contribution is -2.47.